The van der Waals surface area contributed by atoms with Gasteiger partial charge in [0.2, 0.25) is 20.0 Å². The summed E-state index contributed by atoms with van der Waals surface area (Å²) in [6.07, 6.45) is 2.83. The van der Waals surface area contributed by atoms with Crippen molar-refractivity contribution in [1.29, 1.82) is 0 Å². The summed E-state index contributed by atoms with van der Waals surface area (Å²) in [5.74, 6) is 0.322. The van der Waals surface area contributed by atoms with E-state index in [1.54, 1.807) is 16.8 Å². The molecule has 2 heterocycles. The molecular formula is C18H26N4O4S2. The lowest BCUT2D eigenvalue weighted by Crippen LogP contribution is -2.50. The van der Waals surface area contributed by atoms with E-state index in [1.165, 1.54) is 21.0 Å². The Morgan fingerprint density at radius 1 is 0.893 bits per heavy atom. The molecule has 28 heavy (non-hydrogen) atoms. The van der Waals surface area contributed by atoms with E-state index in [-0.39, 0.29) is 36.0 Å². The first-order chi connectivity index (χ1) is 13.2. The summed E-state index contributed by atoms with van der Waals surface area (Å²) in [5, 5.41) is 4.01. The molecule has 1 aromatic carbocycles. The van der Waals surface area contributed by atoms with Gasteiger partial charge in [0.05, 0.1) is 11.1 Å². The predicted octanol–water partition coefficient (Wildman–Crippen LogP) is 1.72. The molecule has 0 spiro atoms. The third-order valence-corrected chi connectivity index (χ3v) is 8.72. The molecule has 0 amide bonds. The zero-order chi connectivity index (χ0) is 20.5. The first kappa shape index (κ1) is 21.0. The topological polar surface area (TPSA) is 92.6 Å². The molecule has 0 N–H and O–H groups in total. The van der Waals surface area contributed by atoms with Crippen molar-refractivity contribution in [2.45, 2.75) is 43.0 Å². The number of rotatable bonds is 6. The average Bonchev–Trinajstić information content (AvgIpc) is 3.18. The maximum atomic E-state index is 12.9. The number of benzene rings is 1. The first-order valence-electron chi connectivity index (χ1n) is 9.29. The van der Waals surface area contributed by atoms with Gasteiger partial charge < -0.3 is 0 Å². The van der Waals surface area contributed by atoms with Crippen molar-refractivity contribution in [1.82, 2.24) is 18.4 Å². The van der Waals surface area contributed by atoms with Crippen LogP contribution < -0.4 is 0 Å². The normalized spacial score (nSPS) is 17.3. The summed E-state index contributed by atoms with van der Waals surface area (Å²) in [6, 6.07) is 6.88. The van der Waals surface area contributed by atoms with E-state index in [0.29, 0.717) is 12.5 Å². The van der Waals surface area contributed by atoms with Crippen LogP contribution in [-0.4, -0.2) is 61.4 Å². The predicted molar refractivity (Wildman–Crippen MR) is 106 cm³/mol. The molecule has 3 rings (SSSR count). The van der Waals surface area contributed by atoms with Gasteiger partial charge in [-0.05, 0) is 30.5 Å². The highest BCUT2D eigenvalue weighted by atomic mass is 32.2. The maximum absolute atomic E-state index is 12.9. The smallest absolute Gasteiger partial charge is 0.246 e. The molecule has 1 saturated heterocycles. The molecule has 2 aromatic rings. The van der Waals surface area contributed by atoms with E-state index in [4.69, 9.17) is 0 Å². The summed E-state index contributed by atoms with van der Waals surface area (Å²) in [4.78, 5) is 0.368. The van der Waals surface area contributed by atoms with Crippen LogP contribution in [0.15, 0.2) is 46.5 Å². The SMILES string of the molecule is CCn1cc(S(=O)(=O)N2CCN(S(=O)(=O)c3ccc(C(C)C)cc3)CC2)cn1. The molecule has 8 nitrogen and oxygen atoms in total. The molecule has 0 aliphatic carbocycles. The third kappa shape index (κ3) is 4.00. The lowest BCUT2D eigenvalue weighted by Gasteiger charge is -2.33. The first-order valence-corrected chi connectivity index (χ1v) is 12.2. The number of nitrogens with zero attached hydrogens (tertiary/aromatic N) is 4. The van der Waals surface area contributed by atoms with Crippen molar-refractivity contribution < 1.29 is 16.8 Å². The van der Waals surface area contributed by atoms with Crippen molar-refractivity contribution in [2.24, 2.45) is 0 Å². The minimum Gasteiger partial charge on any atom is -0.272 e. The van der Waals surface area contributed by atoms with E-state index in [9.17, 15) is 16.8 Å². The van der Waals surface area contributed by atoms with Crippen LogP contribution in [0.3, 0.4) is 0 Å². The maximum Gasteiger partial charge on any atom is 0.246 e. The summed E-state index contributed by atoms with van der Waals surface area (Å²) in [6.45, 7) is 7.02. The van der Waals surface area contributed by atoms with Gasteiger partial charge in [0.1, 0.15) is 4.90 Å². The molecule has 1 aliphatic heterocycles. The van der Waals surface area contributed by atoms with Crippen LogP contribution in [0, 0.1) is 0 Å². The molecular weight excluding hydrogens is 400 g/mol. The van der Waals surface area contributed by atoms with E-state index in [0.717, 1.165) is 5.56 Å². The van der Waals surface area contributed by atoms with Gasteiger partial charge in [-0.25, -0.2) is 16.8 Å². The summed E-state index contributed by atoms with van der Waals surface area (Å²) < 4.78 is 55.5. The summed E-state index contributed by atoms with van der Waals surface area (Å²) in [5.41, 5.74) is 1.07. The molecule has 0 saturated carbocycles. The number of piperazine rings is 1. The molecule has 1 aromatic heterocycles. The molecule has 154 valence electrons. The Hall–Kier alpha value is -1.75. The molecule has 1 fully saturated rings. The van der Waals surface area contributed by atoms with Gasteiger partial charge in [-0.15, -0.1) is 0 Å². The summed E-state index contributed by atoms with van der Waals surface area (Å²) in [7, 11) is -7.31. The molecule has 0 unspecified atom stereocenters. The van der Waals surface area contributed by atoms with Gasteiger partial charge >= 0.3 is 0 Å². The van der Waals surface area contributed by atoms with E-state index >= 15 is 0 Å². The quantitative estimate of drug-likeness (QED) is 0.701. The zero-order valence-electron chi connectivity index (χ0n) is 16.3. The number of sulfonamides is 2. The Morgan fingerprint density at radius 2 is 1.39 bits per heavy atom. The number of aromatic nitrogens is 2. The van der Waals surface area contributed by atoms with Crippen LogP contribution in [0.4, 0.5) is 0 Å². The van der Waals surface area contributed by atoms with Gasteiger partial charge in [0.25, 0.3) is 0 Å². The molecule has 0 atom stereocenters. The minimum atomic E-state index is -3.67. The second-order valence-electron chi connectivity index (χ2n) is 7.06. The van der Waals surface area contributed by atoms with Crippen LogP contribution in [0.5, 0.6) is 0 Å². The van der Waals surface area contributed by atoms with Gasteiger partial charge in [-0.2, -0.15) is 13.7 Å². The highest BCUT2D eigenvalue weighted by Gasteiger charge is 2.34. The Bertz CT molecular complexity index is 1020. The second-order valence-corrected chi connectivity index (χ2v) is 10.9. The zero-order valence-corrected chi connectivity index (χ0v) is 17.9. The second kappa shape index (κ2) is 7.94. The van der Waals surface area contributed by atoms with Crippen LogP contribution in [-0.2, 0) is 26.6 Å². The summed E-state index contributed by atoms with van der Waals surface area (Å²) >= 11 is 0. The average molecular weight is 427 g/mol. The minimum absolute atomic E-state index is 0.114. The Morgan fingerprint density at radius 3 is 1.82 bits per heavy atom. The van der Waals surface area contributed by atoms with Gasteiger partial charge in [0.15, 0.2) is 0 Å². The van der Waals surface area contributed by atoms with E-state index < -0.39 is 20.0 Å². The Balaban J connectivity index is 1.72. The Kier molecular flexibility index (Phi) is 5.95. The van der Waals surface area contributed by atoms with Gasteiger partial charge in [-0.1, -0.05) is 26.0 Å². The van der Waals surface area contributed by atoms with Gasteiger partial charge in [-0.3, -0.25) is 4.68 Å². The monoisotopic (exact) mass is 426 g/mol. The molecule has 1 aliphatic rings. The lowest BCUT2D eigenvalue weighted by atomic mass is 10.0. The van der Waals surface area contributed by atoms with E-state index in [1.807, 2.05) is 32.9 Å². The van der Waals surface area contributed by atoms with Crippen molar-refractivity contribution in [3.63, 3.8) is 0 Å². The number of hydrogen-bond acceptors (Lipinski definition) is 5. The lowest BCUT2D eigenvalue weighted by molar-refractivity contribution is 0.273. The molecule has 0 radical (unpaired) electrons. The standard InChI is InChI=1S/C18H26N4O4S2/c1-4-20-14-18(13-19-20)28(25,26)22-11-9-21(10-12-22)27(23,24)17-7-5-16(6-8-17)15(2)3/h5-8,13-15H,4,9-12H2,1-3H3. The highest BCUT2D eigenvalue weighted by Crippen LogP contribution is 2.23. The van der Waals surface area contributed by atoms with E-state index in [2.05, 4.69) is 5.10 Å². The van der Waals surface area contributed by atoms with Crippen LogP contribution in [0.1, 0.15) is 32.3 Å². The van der Waals surface area contributed by atoms with Crippen molar-refractivity contribution in [3.05, 3.63) is 42.2 Å². The third-order valence-electron chi connectivity index (χ3n) is 4.95. The highest BCUT2D eigenvalue weighted by molar-refractivity contribution is 7.89. The van der Waals surface area contributed by atoms with Crippen LogP contribution in [0.2, 0.25) is 0 Å². The van der Waals surface area contributed by atoms with Crippen molar-refractivity contribution >= 4 is 20.0 Å². The van der Waals surface area contributed by atoms with Crippen LogP contribution >= 0.6 is 0 Å². The fraction of sp³-hybridized carbons (Fsp3) is 0.500. The number of aryl methyl sites for hydroxylation is 1. The van der Waals surface area contributed by atoms with Crippen molar-refractivity contribution in [3.8, 4) is 0 Å². The van der Waals surface area contributed by atoms with Crippen molar-refractivity contribution in [2.75, 3.05) is 26.2 Å². The van der Waals surface area contributed by atoms with Crippen LogP contribution in [0.25, 0.3) is 0 Å². The van der Waals surface area contributed by atoms with Gasteiger partial charge in [0, 0.05) is 38.9 Å². The number of hydrogen-bond donors (Lipinski definition) is 0. The fourth-order valence-electron chi connectivity index (χ4n) is 3.12. The molecule has 0 bridgehead atoms. The largest absolute Gasteiger partial charge is 0.272 e. The molecule has 10 heteroatoms. The fourth-order valence-corrected chi connectivity index (χ4v) is 5.92. The Labute approximate surface area is 166 Å².